The maximum Gasteiger partial charge on any atom is 0.257 e. The zero-order valence-corrected chi connectivity index (χ0v) is 14.1. The molecule has 5 nitrogen and oxygen atoms in total. The van der Waals surface area contributed by atoms with E-state index in [1.807, 2.05) is 12.1 Å². The highest BCUT2D eigenvalue weighted by molar-refractivity contribution is 9.10. The van der Waals surface area contributed by atoms with Crippen LogP contribution in [0.4, 0.5) is 0 Å². The van der Waals surface area contributed by atoms with Gasteiger partial charge in [-0.1, -0.05) is 15.9 Å². The van der Waals surface area contributed by atoms with Crippen molar-refractivity contribution in [1.82, 2.24) is 10.2 Å². The molecule has 1 saturated heterocycles. The topological polar surface area (TPSA) is 62.6 Å². The number of furan rings is 1. The Morgan fingerprint density at radius 2 is 1.78 bits per heavy atom. The summed E-state index contributed by atoms with van der Waals surface area (Å²) in [5, 5.41) is 3.04. The number of hydrogen-bond donors (Lipinski definition) is 1. The number of nitrogens with one attached hydrogen (secondary N) is 1. The van der Waals surface area contributed by atoms with E-state index >= 15 is 0 Å². The zero-order chi connectivity index (χ0) is 16.2. The van der Waals surface area contributed by atoms with E-state index in [2.05, 4.69) is 21.2 Å². The highest BCUT2D eigenvalue weighted by atomic mass is 79.9. The largest absolute Gasteiger partial charge is 0.472 e. The molecule has 0 spiro atoms. The Kier molecular flexibility index (Phi) is 4.81. The summed E-state index contributed by atoms with van der Waals surface area (Å²) in [6.45, 7) is 1.27. The number of halogens is 1. The number of amides is 2. The molecule has 2 heterocycles. The molecule has 1 aliphatic heterocycles. The van der Waals surface area contributed by atoms with E-state index in [4.69, 9.17) is 4.42 Å². The van der Waals surface area contributed by atoms with Crippen molar-refractivity contribution < 1.29 is 14.0 Å². The van der Waals surface area contributed by atoms with E-state index in [-0.39, 0.29) is 17.9 Å². The molecule has 0 radical (unpaired) electrons. The Hall–Kier alpha value is -2.08. The zero-order valence-electron chi connectivity index (χ0n) is 12.5. The number of rotatable bonds is 3. The first kappa shape index (κ1) is 15.8. The van der Waals surface area contributed by atoms with Gasteiger partial charge in [0.05, 0.1) is 11.8 Å². The molecule has 0 bridgehead atoms. The lowest BCUT2D eigenvalue weighted by molar-refractivity contribution is 0.0697. The first-order valence-electron chi connectivity index (χ1n) is 7.51. The van der Waals surface area contributed by atoms with Crippen LogP contribution < -0.4 is 5.32 Å². The minimum Gasteiger partial charge on any atom is -0.472 e. The van der Waals surface area contributed by atoms with Crippen LogP contribution in [0.1, 0.15) is 33.6 Å². The lowest BCUT2D eigenvalue weighted by Crippen LogP contribution is -2.46. The number of nitrogens with zero attached hydrogens (tertiary/aromatic N) is 1. The molecule has 0 saturated carbocycles. The van der Waals surface area contributed by atoms with E-state index in [1.54, 1.807) is 23.1 Å². The molecule has 0 unspecified atom stereocenters. The van der Waals surface area contributed by atoms with Crippen LogP contribution in [0.5, 0.6) is 0 Å². The molecular formula is C17H17BrN2O3. The van der Waals surface area contributed by atoms with Crippen LogP contribution in [-0.4, -0.2) is 35.8 Å². The lowest BCUT2D eigenvalue weighted by Gasteiger charge is -2.32. The Labute approximate surface area is 142 Å². The number of likely N-dealkylation sites (tertiary alicyclic amines) is 1. The van der Waals surface area contributed by atoms with Crippen molar-refractivity contribution in [2.75, 3.05) is 13.1 Å². The van der Waals surface area contributed by atoms with Crippen molar-refractivity contribution in [2.24, 2.45) is 0 Å². The summed E-state index contributed by atoms with van der Waals surface area (Å²) in [4.78, 5) is 26.2. The second-order valence-corrected chi connectivity index (χ2v) is 6.47. The van der Waals surface area contributed by atoms with Gasteiger partial charge in [0.15, 0.2) is 0 Å². The van der Waals surface area contributed by atoms with Crippen molar-refractivity contribution in [3.63, 3.8) is 0 Å². The van der Waals surface area contributed by atoms with E-state index in [0.717, 1.165) is 17.3 Å². The average Bonchev–Trinajstić information content (AvgIpc) is 3.10. The smallest absolute Gasteiger partial charge is 0.257 e. The third kappa shape index (κ3) is 3.82. The quantitative estimate of drug-likeness (QED) is 0.894. The third-order valence-electron chi connectivity index (χ3n) is 3.99. The predicted octanol–water partition coefficient (Wildman–Crippen LogP) is 3.08. The molecule has 1 aliphatic rings. The van der Waals surface area contributed by atoms with Gasteiger partial charge in [-0.3, -0.25) is 9.59 Å². The van der Waals surface area contributed by atoms with Gasteiger partial charge in [0.2, 0.25) is 0 Å². The van der Waals surface area contributed by atoms with Gasteiger partial charge >= 0.3 is 0 Å². The Bertz CT molecular complexity index is 674. The molecule has 3 rings (SSSR count). The SMILES string of the molecule is O=C(NC1CCN(C(=O)c2ccoc2)CC1)c1ccc(Br)cc1. The Morgan fingerprint density at radius 1 is 1.09 bits per heavy atom. The van der Waals surface area contributed by atoms with Crippen LogP contribution in [0, 0.1) is 0 Å². The van der Waals surface area contributed by atoms with Gasteiger partial charge < -0.3 is 14.6 Å². The Morgan fingerprint density at radius 3 is 2.39 bits per heavy atom. The van der Waals surface area contributed by atoms with E-state index in [1.165, 1.54) is 12.5 Å². The first-order valence-corrected chi connectivity index (χ1v) is 8.30. The number of benzene rings is 1. The fourth-order valence-electron chi connectivity index (χ4n) is 2.67. The second-order valence-electron chi connectivity index (χ2n) is 5.56. The van der Waals surface area contributed by atoms with Crippen molar-refractivity contribution in [1.29, 1.82) is 0 Å². The second kappa shape index (κ2) is 7.00. The van der Waals surface area contributed by atoms with E-state index in [9.17, 15) is 9.59 Å². The number of carbonyl (C=O) groups is 2. The summed E-state index contributed by atoms with van der Waals surface area (Å²) in [5.41, 5.74) is 1.22. The van der Waals surface area contributed by atoms with Gasteiger partial charge in [0, 0.05) is 29.2 Å². The maximum atomic E-state index is 12.2. The highest BCUT2D eigenvalue weighted by Gasteiger charge is 2.25. The van der Waals surface area contributed by atoms with Gasteiger partial charge in [-0.15, -0.1) is 0 Å². The van der Waals surface area contributed by atoms with Gasteiger partial charge in [-0.2, -0.15) is 0 Å². The average molecular weight is 377 g/mol. The Balaban J connectivity index is 1.52. The maximum absolute atomic E-state index is 12.2. The molecule has 0 atom stereocenters. The van der Waals surface area contributed by atoms with Crippen LogP contribution in [0.2, 0.25) is 0 Å². The summed E-state index contributed by atoms with van der Waals surface area (Å²) >= 11 is 3.35. The number of carbonyl (C=O) groups excluding carboxylic acids is 2. The standard InChI is InChI=1S/C17H17BrN2O3/c18-14-3-1-12(2-4-14)16(21)19-15-5-8-20(9-6-15)17(22)13-7-10-23-11-13/h1-4,7,10-11,15H,5-6,8-9H2,(H,19,21). The predicted molar refractivity (Wildman–Crippen MR) is 89.2 cm³/mol. The molecule has 2 amide bonds. The molecule has 120 valence electrons. The molecule has 1 aromatic heterocycles. The van der Waals surface area contributed by atoms with Crippen molar-refractivity contribution >= 4 is 27.7 Å². The molecule has 1 aromatic carbocycles. The fraction of sp³-hybridized carbons (Fsp3) is 0.294. The summed E-state index contributed by atoms with van der Waals surface area (Å²) in [7, 11) is 0. The van der Waals surface area contributed by atoms with Crippen LogP contribution in [-0.2, 0) is 0 Å². The number of piperidine rings is 1. The minimum absolute atomic E-state index is 0.0172. The third-order valence-corrected chi connectivity index (χ3v) is 4.52. The van der Waals surface area contributed by atoms with Crippen molar-refractivity contribution in [2.45, 2.75) is 18.9 Å². The van der Waals surface area contributed by atoms with Crippen LogP contribution in [0.15, 0.2) is 51.7 Å². The summed E-state index contributed by atoms with van der Waals surface area (Å²) < 4.78 is 5.89. The van der Waals surface area contributed by atoms with E-state index < -0.39 is 0 Å². The van der Waals surface area contributed by atoms with Crippen molar-refractivity contribution in [3.05, 3.63) is 58.5 Å². The van der Waals surface area contributed by atoms with E-state index in [0.29, 0.717) is 24.2 Å². The normalized spacial score (nSPS) is 15.4. The molecule has 1 N–H and O–H groups in total. The number of hydrogen-bond acceptors (Lipinski definition) is 3. The van der Waals surface area contributed by atoms with Gasteiger partial charge in [0.25, 0.3) is 11.8 Å². The highest BCUT2D eigenvalue weighted by Crippen LogP contribution is 2.16. The van der Waals surface area contributed by atoms with Gasteiger partial charge in [-0.25, -0.2) is 0 Å². The fourth-order valence-corrected chi connectivity index (χ4v) is 2.93. The summed E-state index contributed by atoms with van der Waals surface area (Å²) in [5.74, 6) is -0.0893. The molecule has 23 heavy (non-hydrogen) atoms. The molecule has 1 fully saturated rings. The van der Waals surface area contributed by atoms with Crippen molar-refractivity contribution in [3.8, 4) is 0 Å². The van der Waals surface area contributed by atoms with Crippen LogP contribution >= 0.6 is 15.9 Å². The summed E-state index contributed by atoms with van der Waals surface area (Å²) in [6.07, 6.45) is 4.47. The molecule has 2 aromatic rings. The van der Waals surface area contributed by atoms with Crippen LogP contribution in [0.25, 0.3) is 0 Å². The minimum atomic E-state index is -0.0721. The van der Waals surface area contributed by atoms with Gasteiger partial charge in [0.1, 0.15) is 6.26 Å². The van der Waals surface area contributed by atoms with Crippen LogP contribution in [0.3, 0.4) is 0 Å². The monoisotopic (exact) mass is 376 g/mol. The lowest BCUT2D eigenvalue weighted by atomic mass is 10.0. The first-order chi connectivity index (χ1) is 11.1. The van der Waals surface area contributed by atoms with Gasteiger partial charge in [-0.05, 0) is 43.2 Å². The molecule has 6 heteroatoms. The molecular weight excluding hydrogens is 360 g/mol. The molecule has 0 aliphatic carbocycles. The summed E-state index contributed by atoms with van der Waals surface area (Å²) in [6, 6.07) is 9.04.